The van der Waals surface area contributed by atoms with E-state index in [0.717, 1.165) is 37.5 Å². The van der Waals surface area contributed by atoms with Crippen molar-refractivity contribution < 1.29 is 4.79 Å². The van der Waals surface area contributed by atoms with Crippen LogP contribution in [0.2, 0.25) is 0 Å². The quantitative estimate of drug-likeness (QED) is 0.399. The highest BCUT2D eigenvalue weighted by Gasteiger charge is 1.94. The monoisotopic (exact) mass is 136 g/mol. The Balaban J connectivity index is 2.49. The summed E-state index contributed by atoms with van der Waals surface area (Å²) in [6.07, 6.45) is 11.4. The van der Waals surface area contributed by atoms with Crippen LogP contribution >= 0.6 is 0 Å². The Kier molecular flexibility index (Phi) is 2.94. The lowest BCUT2D eigenvalue weighted by atomic mass is 10.1. The van der Waals surface area contributed by atoms with Crippen LogP contribution in [0.1, 0.15) is 25.7 Å². The molecule has 0 radical (unpaired) electrons. The second-order valence-corrected chi connectivity index (χ2v) is 2.48. The topological polar surface area (TPSA) is 17.1 Å². The van der Waals surface area contributed by atoms with Crippen LogP contribution < -0.4 is 0 Å². The van der Waals surface area contributed by atoms with Gasteiger partial charge in [-0.05, 0) is 31.3 Å². The predicted molar refractivity (Wildman–Crippen MR) is 41.8 cm³/mol. The zero-order valence-corrected chi connectivity index (χ0v) is 6.05. The van der Waals surface area contributed by atoms with Gasteiger partial charge >= 0.3 is 0 Å². The Morgan fingerprint density at radius 3 is 2.80 bits per heavy atom. The van der Waals surface area contributed by atoms with E-state index in [0.29, 0.717) is 0 Å². The van der Waals surface area contributed by atoms with Crippen LogP contribution in [0.4, 0.5) is 0 Å². The first-order valence-corrected chi connectivity index (χ1v) is 3.72. The Labute approximate surface area is 61.4 Å². The van der Waals surface area contributed by atoms with Crippen molar-refractivity contribution in [1.82, 2.24) is 0 Å². The van der Waals surface area contributed by atoms with Crippen molar-refractivity contribution in [2.24, 2.45) is 0 Å². The molecule has 0 unspecified atom stereocenters. The summed E-state index contributed by atoms with van der Waals surface area (Å²) in [5.41, 5.74) is 0.962. The van der Waals surface area contributed by atoms with Crippen molar-refractivity contribution in [3.05, 3.63) is 23.8 Å². The van der Waals surface area contributed by atoms with Crippen LogP contribution in [-0.2, 0) is 4.79 Å². The lowest BCUT2D eigenvalue weighted by Crippen LogP contribution is -1.86. The van der Waals surface area contributed by atoms with E-state index in [-0.39, 0.29) is 0 Å². The van der Waals surface area contributed by atoms with E-state index in [1.165, 1.54) is 0 Å². The number of aldehydes is 1. The summed E-state index contributed by atoms with van der Waals surface area (Å²) in [5, 5.41) is 0. The average molecular weight is 136 g/mol. The van der Waals surface area contributed by atoms with Crippen LogP contribution in [0.15, 0.2) is 23.8 Å². The van der Waals surface area contributed by atoms with Crippen LogP contribution in [0.25, 0.3) is 0 Å². The molecule has 1 rings (SSSR count). The standard InChI is InChI=1S/C9H12O/c10-8-9-6-4-2-1-3-5-7-9/h1-2,7-8H,3-6H2/b2-1-,9-7+. The van der Waals surface area contributed by atoms with Crippen molar-refractivity contribution in [3.63, 3.8) is 0 Å². The zero-order chi connectivity index (χ0) is 7.23. The van der Waals surface area contributed by atoms with Gasteiger partial charge in [0.05, 0.1) is 0 Å². The van der Waals surface area contributed by atoms with Gasteiger partial charge in [-0.1, -0.05) is 18.2 Å². The van der Waals surface area contributed by atoms with Crippen LogP contribution in [-0.4, -0.2) is 6.29 Å². The van der Waals surface area contributed by atoms with Gasteiger partial charge in [0.25, 0.3) is 0 Å². The third kappa shape index (κ3) is 2.18. The van der Waals surface area contributed by atoms with Gasteiger partial charge < -0.3 is 0 Å². The van der Waals surface area contributed by atoms with Crippen LogP contribution in [0.3, 0.4) is 0 Å². The SMILES string of the molecule is O=C/C1=C/CC/C=C\CC1. The summed E-state index contributed by atoms with van der Waals surface area (Å²) in [6, 6.07) is 0. The summed E-state index contributed by atoms with van der Waals surface area (Å²) < 4.78 is 0. The summed E-state index contributed by atoms with van der Waals surface area (Å²) in [5.74, 6) is 0. The molecule has 0 fully saturated rings. The Morgan fingerprint density at radius 1 is 1.20 bits per heavy atom. The van der Waals surface area contributed by atoms with Crippen molar-refractivity contribution in [3.8, 4) is 0 Å². The van der Waals surface area contributed by atoms with Gasteiger partial charge in [0.15, 0.2) is 0 Å². The van der Waals surface area contributed by atoms with E-state index in [4.69, 9.17) is 0 Å². The molecule has 1 nitrogen and oxygen atoms in total. The minimum atomic E-state index is 0.917. The highest BCUT2D eigenvalue weighted by atomic mass is 16.1. The Bertz CT molecular complexity index is 166. The summed E-state index contributed by atoms with van der Waals surface area (Å²) in [7, 11) is 0. The van der Waals surface area contributed by atoms with Gasteiger partial charge in [-0.15, -0.1) is 0 Å². The van der Waals surface area contributed by atoms with Gasteiger partial charge in [0.2, 0.25) is 0 Å². The molecule has 0 aliphatic heterocycles. The summed E-state index contributed by atoms with van der Waals surface area (Å²) in [6.45, 7) is 0. The van der Waals surface area contributed by atoms with Gasteiger partial charge in [0, 0.05) is 0 Å². The van der Waals surface area contributed by atoms with E-state index < -0.39 is 0 Å². The second-order valence-electron chi connectivity index (χ2n) is 2.48. The molecule has 0 saturated carbocycles. The first kappa shape index (κ1) is 7.26. The highest BCUT2D eigenvalue weighted by Crippen LogP contribution is 2.09. The highest BCUT2D eigenvalue weighted by molar-refractivity contribution is 5.73. The lowest BCUT2D eigenvalue weighted by Gasteiger charge is -1.99. The number of hydrogen-bond donors (Lipinski definition) is 0. The summed E-state index contributed by atoms with van der Waals surface area (Å²) >= 11 is 0. The number of carbonyl (C=O) groups excluding carboxylic acids is 1. The van der Waals surface area contributed by atoms with E-state index in [1.54, 1.807) is 0 Å². The predicted octanol–water partition coefficient (Wildman–Crippen LogP) is 2.24. The van der Waals surface area contributed by atoms with Gasteiger partial charge in [-0.2, -0.15) is 0 Å². The van der Waals surface area contributed by atoms with E-state index in [1.807, 2.05) is 6.08 Å². The summed E-state index contributed by atoms with van der Waals surface area (Å²) in [4.78, 5) is 10.3. The van der Waals surface area contributed by atoms with Crippen molar-refractivity contribution in [1.29, 1.82) is 0 Å². The molecule has 1 aliphatic rings. The molecule has 10 heavy (non-hydrogen) atoms. The maximum absolute atomic E-state index is 10.3. The van der Waals surface area contributed by atoms with Gasteiger partial charge in [0.1, 0.15) is 6.29 Å². The van der Waals surface area contributed by atoms with Crippen molar-refractivity contribution in [2.75, 3.05) is 0 Å². The third-order valence-electron chi connectivity index (χ3n) is 1.66. The number of carbonyl (C=O) groups is 1. The molecular formula is C9H12O. The molecule has 0 aromatic heterocycles. The molecule has 0 amide bonds. The molecule has 0 aromatic carbocycles. The minimum Gasteiger partial charge on any atom is -0.298 e. The molecular weight excluding hydrogens is 124 g/mol. The fourth-order valence-corrected chi connectivity index (χ4v) is 1.06. The van der Waals surface area contributed by atoms with E-state index in [9.17, 15) is 4.79 Å². The lowest BCUT2D eigenvalue weighted by molar-refractivity contribution is -0.105. The molecule has 0 spiro atoms. The van der Waals surface area contributed by atoms with E-state index >= 15 is 0 Å². The Hall–Kier alpha value is -0.850. The second kappa shape index (κ2) is 4.04. The molecule has 0 bridgehead atoms. The van der Waals surface area contributed by atoms with E-state index in [2.05, 4.69) is 12.2 Å². The average Bonchev–Trinajstić information content (AvgIpc) is 1.87. The molecule has 1 heteroatoms. The molecule has 0 N–H and O–H groups in total. The Morgan fingerprint density at radius 2 is 2.00 bits per heavy atom. The maximum Gasteiger partial charge on any atom is 0.145 e. The van der Waals surface area contributed by atoms with Gasteiger partial charge in [-0.25, -0.2) is 0 Å². The minimum absolute atomic E-state index is 0.917. The third-order valence-corrected chi connectivity index (χ3v) is 1.66. The van der Waals surface area contributed by atoms with Gasteiger partial charge in [-0.3, -0.25) is 4.79 Å². The fourth-order valence-electron chi connectivity index (χ4n) is 1.06. The molecule has 54 valence electrons. The maximum atomic E-state index is 10.3. The first-order chi connectivity index (χ1) is 4.93. The van der Waals surface area contributed by atoms with Crippen molar-refractivity contribution in [2.45, 2.75) is 25.7 Å². The number of rotatable bonds is 1. The molecule has 0 heterocycles. The van der Waals surface area contributed by atoms with Crippen LogP contribution in [0, 0.1) is 0 Å². The molecule has 0 aromatic rings. The fraction of sp³-hybridized carbons (Fsp3) is 0.444. The molecule has 0 saturated heterocycles. The number of hydrogen-bond acceptors (Lipinski definition) is 1. The first-order valence-electron chi connectivity index (χ1n) is 3.72. The van der Waals surface area contributed by atoms with Crippen molar-refractivity contribution >= 4 is 6.29 Å². The normalized spacial score (nSPS) is 27.4. The zero-order valence-electron chi connectivity index (χ0n) is 6.05. The van der Waals surface area contributed by atoms with Crippen LogP contribution in [0.5, 0.6) is 0 Å². The molecule has 1 aliphatic carbocycles. The largest absolute Gasteiger partial charge is 0.298 e. The molecule has 0 atom stereocenters. The smallest absolute Gasteiger partial charge is 0.145 e. The number of allylic oxidation sites excluding steroid dienone is 4.